The molecular weight excluding hydrogens is 327 g/mol. The summed E-state index contributed by atoms with van der Waals surface area (Å²) in [6.07, 6.45) is 3.06. The van der Waals surface area contributed by atoms with E-state index in [2.05, 4.69) is 10.3 Å². The van der Waals surface area contributed by atoms with Crippen LogP contribution in [0.4, 0.5) is 0 Å². The van der Waals surface area contributed by atoms with Crippen LogP contribution >= 0.6 is 11.6 Å². The Balaban J connectivity index is 0.00000242. The van der Waals surface area contributed by atoms with Gasteiger partial charge in [-0.3, -0.25) is 9.78 Å². The lowest BCUT2D eigenvalue weighted by Gasteiger charge is -2.06. The van der Waals surface area contributed by atoms with Gasteiger partial charge in [0.1, 0.15) is 6.61 Å². The van der Waals surface area contributed by atoms with Crippen molar-refractivity contribution in [2.24, 2.45) is 0 Å². The van der Waals surface area contributed by atoms with Crippen molar-refractivity contribution in [2.45, 2.75) is 0 Å². The third-order valence-electron chi connectivity index (χ3n) is 2.62. The van der Waals surface area contributed by atoms with E-state index in [1.807, 2.05) is 0 Å². The van der Waals surface area contributed by atoms with Gasteiger partial charge in [-0.2, -0.15) is 0 Å². The summed E-state index contributed by atoms with van der Waals surface area (Å²) in [6.45, 7) is 0.320. The Morgan fingerprint density at radius 3 is 2.50 bits per heavy atom. The topological polar surface area (TPSA) is 68.3 Å². The first-order valence-corrected chi connectivity index (χ1v) is 6.65. The van der Waals surface area contributed by atoms with Crippen LogP contribution in [-0.2, 0) is 4.74 Å². The van der Waals surface area contributed by atoms with Crippen LogP contribution in [0.1, 0.15) is 20.7 Å². The first-order chi connectivity index (χ1) is 10.2. The molecule has 0 atom stereocenters. The van der Waals surface area contributed by atoms with Gasteiger partial charge in [0.05, 0.1) is 17.7 Å². The third kappa shape index (κ3) is 5.35. The Morgan fingerprint density at radius 2 is 1.86 bits per heavy atom. The number of nitrogens with zero attached hydrogens (tertiary/aromatic N) is 1. The van der Waals surface area contributed by atoms with Crippen LogP contribution in [0, 0.1) is 0 Å². The number of hydrogen-bond acceptors (Lipinski definition) is 4. The number of nitrogens with one attached hydrogen (secondary N) is 1. The molecule has 0 saturated carbocycles. The minimum Gasteiger partial charge on any atom is -1.00 e. The van der Waals surface area contributed by atoms with E-state index in [0.29, 0.717) is 16.1 Å². The molecule has 2 aromatic rings. The van der Waals surface area contributed by atoms with Crippen LogP contribution in [0.2, 0.25) is 5.02 Å². The van der Waals surface area contributed by atoms with Crippen molar-refractivity contribution in [3.63, 3.8) is 0 Å². The number of halogens is 2. The minimum atomic E-state index is -0.456. The van der Waals surface area contributed by atoms with Crippen molar-refractivity contribution in [2.75, 3.05) is 13.2 Å². The second kappa shape index (κ2) is 9.02. The second-order valence-corrected chi connectivity index (χ2v) is 4.58. The highest BCUT2D eigenvalue weighted by atomic mass is 35.5. The average Bonchev–Trinajstić information content (AvgIpc) is 2.52. The highest BCUT2D eigenvalue weighted by molar-refractivity contribution is 6.30. The van der Waals surface area contributed by atoms with Crippen molar-refractivity contribution >= 4 is 23.5 Å². The van der Waals surface area contributed by atoms with E-state index in [1.54, 1.807) is 42.6 Å². The largest absolute Gasteiger partial charge is 1.00 e. The number of benzene rings is 1. The Kier molecular flexibility index (Phi) is 7.36. The fraction of sp³-hybridized carbons (Fsp3) is 0.133. The van der Waals surface area contributed by atoms with Gasteiger partial charge < -0.3 is 22.5 Å². The maximum atomic E-state index is 11.7. The Morgan fingerprint density at radius 1 is 1.14 bits per heavy atom. The summed E-state index contributed by atoms with van der Waals surface area (Å²) < 4.78 is 5.04. The molecule has 0 spiro atoms. The van der Waals surface area contributed by atoms with Gasteiger partial charge in [0.2, 0.25) is 0 Å². The number of carbonyl (C=O) groups excluding carboxylic acids is 2. The Labute approximate surface area is 139 Å². The normalized spacial score (nSPS) is 9.50. The summed E-state index contributed by atoms with van der Waals surface area (Å²) in [5.74, 6) is -0.715. The van der Waals surface area contributed by atoms with Crippen molar-refractivity contribution in [1.29, 1.82) is 0 Å². The van der Waals surface area contributed by atoms with Crippen molar-refractivity contribution in [3.05, 3.63) is 64.9 Å². The lowest BCUT2D eigenvalue weighted by molar-refractivity contribution is -0.0000282. The van der Waals surface area contributed by atoms with Crippen LogP contribution in [0.15, 0.2) is 48.8 Å². The van der Waals surface area contributed by atoms with E-state index < -0.39 is 5.97 Å². The minimum absolute atomic E-state index is 0. The summed E-state index contributed by atoms with van der Waals surface area (Å²) in [5, 5.41) is 3.19. The second-order valence-electron chi connectivity index (χ2n) is 4.14. The molecule has 1 aromatic carbocycles. The zero-order valence-electron chi connectivity index (χ0n) is 11.5. The van der Waals surface area contributed by atoms with Gasteiger partial charge in [0, 0.05) is 17.4 Å². The number of pyridine rings is 1. The standard InChI is InChI=1S/C15H13ClN2O3.ClH/c16-13-5-3-11(4-6-13)15(20)21-9-8-18-14(19)12-2-1-7-17-10-12;/h1-7,10H,8-9H2,(H,18,19);1H/p-1. The van der Waals surface area contributed by atoms with E-state index in [1.165, 1.54) is 6.20 Å². The third-order valence-corrected chi connectivity index (χ3v) is 2.88. The van der Waals surface area contributed by atoms with Crippen LogP contribution in [0.5, 0.6) is 0 Å². The van der Waals surface area contributed by atoms with Gasteiger partial charge in [-0.1, -0.05) is 11.6 Å². The van der Waals surface area contributed by atoms with E-state index in [-0.39, 0.29) is 31.5 Å². The molecule has 0 radical (unpaired) electrons. The maximum Gasteiger partial charge on any atom is 0.338 e. The fourth-order valence-electron chi connectivity index (χ4n) is 1.58. The molecular formula is C15H13Cl2N2O3-. The van der Waals surface area contributed by atoms with Crippen molar-refractivity contribution in [3.8, 4) is 0 Å². The molecule has 0 saturated heterocycles. The molecule has 0 unspecified atom stereocenters. The number of amides is 1. The van der Waals surface area contributed by atoms with Crippen LogP contribution in [-0.4, -0.2) is 30.0 Å². The number of carbonyl (C=O) groups is 2. The first kappa shape index (κ1) is 17.9. The quantitative estimate of drug-likeness (QED) is 0.579. The lowest BCUT2D eigenvalue weighted by atomic mass is 10.2. The summed E-state index contributed by atoms with van der Waals surface area (Å²) in [4.78, 5) is 27.2. The fourth-order valence-corrected chi connectivity index (χ4v) is 1.70. The van der Waals surface area contributed by atoms with Crippen LogP contribution < -0.4 is 17.7 Å². The molecule has 1 heterocycles. The molecule has 116 valence electrons. The zero-order chi connectivity index (χ0) is 15.1. The summed E-state index contributed by atoms with van der Waals surface area (Å²) in [6, 6.07) is 9.72. The van der Waals surface area contributed by atoms with Gasteiger partial charge in [-0.25, -0.2) is 4.79 Å². The Bertz CT molecular complexity index is 618. The van der Waals surface area contributed by atoms with E-state index in [9.17, 15) is 9.59 Å². The number of esters is 1. The smallest absolute Gasteiger partial charge is 0.338 e. The van der Waals surface area contributed by atoms with E-state index in [4.69, 9.17) is 16.3 Å². The molecule has 1 amide bonds. The molecule has 0 fully saturated rings. The van der Waals surface area contributed by atoms with Crippen molar-refractivity contribution < 1.29 is 26.7 Å². The molecule has 1 N–H and O–H groups in total. The van der Waals surface area contributed by atoms with Crippen LogP contribution in [0.25, 0.3) is 0 Å². The molecule has 0 aliphatic rings. The van der Waals surface area contributed by atoms with Crippen molar-refractivity contribution in [1.82, 2.24) is 10.3 Å². The summed E-state index contributed by atoms with van der Waals surface area (Å²) in [7, 11) is 0. The predicted octanol–water partition coefficient (Wildman–Crippen LogP) is -0.674. The highest BCUT2D eigenvalue weighted by Crippen LogP contribution is 2.10. The molecule has 0 aliphatic carbocycles. The molecule has 5 nitrogen and oxygen atoms in total. The van der Waals surface area contributed by atoms with Gasteiger partial charge in [-0.05, 0) is 36.4 Å². The number of ether oxygens (including phenoxy) is 1. The molecule has 7 heteroatoms. The predicted molar refractivity (Wildman–Crippen MR) is 78.3 cm³/mol. The van der Waals surface area contributed by atoms with Gasteiger partial charge >= 0.3 is 5.97 Å². The average molecular weight is 340 g/mol. The van der Waals surface area contributed by atoms with E-state index >= 15 is 0 Å². The molecule has 1 aromatic heterocycles. The monoisotopic (exact) mass is 339 g/mol. The molecule has 0 bridgehead atoms. The SMILES string of the molecule is O=C(NCCOC(=O)c1ccc(Cl)cc1)c1cccnc1.[Cl-]. The maximum absolute atomic E-state index is 11.7. The number of rotatable bonds is 5. The molecule has 0 aliphatic heterocycles. The summed E-state index contributed by atoms with van der Waals surface area (Å²) >= 11 is 5.73. The van der Waals surface area contributed by atoms with Gasteiger partial charge in [0.15, 0.2) is 0 Å². The lowest BCUT2D eigenvalue weighted by Crippen LogP contribution is -3.00. The number of hydrogen-bond donors (Lipinski definition) is 1. The van der Waals surface area contributed by atoms with Gasteiger partial charge in [-0.15, -0.1) is 0 Å². The highest BCUT2D eigenvalue weighted by Gasteiger charge is 2.08. The number of aromatic nitrogens is 1. The summed E-state index contributed by atoms with van der Waals surface area (Å²) in [5.41, 5.74) is 0.875. The Hall–Kier alpha value is -2.11. The van der Waals surface area contributed by atoms with Crippen LogP contribution in [0.3, 0.4) is 0 Å². The molecule has 22 heavy (non-hydrogen) atoms. The van der Waals surface area contributed by atoms with Gasteiger partial charge in [0.25, 0.3) is 5.91 Å². The zero-order valence-corrected chi connectivity index (χ0v) is 13.0. The molecule has 2 rings (SSSR count). The van der Waals surface area contributed by atoms with E-state index in [0.717, 1.165) is 0 Å². The first-order valence-electron chi connectivity index (χ1n) is 6.28.